The zero-order chi connectivity index (χ0) is 20.6. The zero-order valence-corrected chi connectivity index (χ0v) is 16.3. The molecule has 7 nitrogen and oxygen atoms in total. The first-order valence-electron chi connectivity index (χ1n) is 8.69. The average molecular weight is 421 g/mol. The Balaban J connectivity index is 1.63. The van der Waals surface area contributed by atoms with Crippen molar-refractivity contribution >= 4 is 17.6 Å². The van der Waals surface area contributed by atoms with Crippen LogP contribution in [-0.4, -0.2) is 34.4 Å². The first-order chi connectivity index (χ1) is 14.1. The number of para-hydroxylation sites is 1. The average Bonchev–Trinajstić information content (AvgIpc) is 3.19. The molecule has 29 heavy (non-hydrogen) atoms. The van der Waals surface area contributed by atoms with Crippen LogP contribution in [0.15, 0.2) is 59.9 Å². The van der Waals surface area contributed by atoms with Gasteiger partial charge < -0.3 is 15.4 Å². The molecular formula is C19H19ClF2N6O. The van der Waals surface area contributed by atoms with E-state index in [1.54, 1.807) is 19.4 Å². The van der Waals surface area contributed by atoms with Crippen LogP contribution in [0, 0.1) is 0 Å². The predicted molar refractivity (Wildman–Crippen MR) is 106 cm³/mol. The highest BCUT2D eigenvalue weighted by atomic mass is 35.5. The smallest absolute Gasteiger partial charge is 0.387 e. The van der Waals surface area contributed by atoms with Crippen molar-refractivity contribution in [1.29, 1.82) is 0 Å². The molecule has 0 saturated carbocycles. The van der Waals surface area contributed by atoms with Gasteiger partial charge in [-0.25, -0.2) is 0 Å². The lowest BCUT2D eigenvalue weighted by molar-refractivity contribution is -0.0504. The number of halogens is 3. The molecule has 10 heteroatoms. The molecule has 1 heterocycles. The van der Waals surface area contributed by atoms with E-state index in [0.29, 0.717) is 28.9 Å². The quantitative estimate of drug-likeness (QED) is 0.452. The molecule has 0 spiro atoms. The second-order valence-corrected chi connectivity index (χ2v) is 6.30. The number of nitrogens with zero attached hydrogens (tertiary/aromatic N) is 4. The summed E-state index contributed by atoms with van der Waals surface area (Å²) in [5.74, 6) is 1.19. The number of hydrogen-bond acceptors (Lipinski definition) is 4. The van der Waals surface area contributed by atoms with Gasteiger partial charge in [0.25, 0.3) is 0 Å². The number of aliphatic imine (C=N–C) groups is 1. The summed E-state index contributed by atoms with van der Waals surface area (Å²) in [6.45, 7) is -2.38. The van der Waals surface area contributed by atoms with E-state index in [2.05, 4.69) is 30.6 Å². The van der Waals surface area contributed by atoms with Crippen LogP contribution in [0.25, 0.3) is 5.69 Å². The Morgan fingerprint density at radius 3 is 2.66 bits per heavy atom. The van der Waals surface area contributed by atoms with Crippen molar-refractivity contribution < 1.29 is 13.5 Å². The minimum Gasteiger partial charge on any atom is -0.434 e. The van der Waals surface area contributed by atoms with Gasteiger partial charge in [-0.2, -0.15) is 8.78 Å². The van der Waals surface area contributed by atoms with Gasteiger partial charge in [0.05, 0.1) is 6.54 Å². The molecule has 3 aromatic rings. The van der Waals surface area contributed by atoms with Crippen LogP contribution >= 0.6 is 11.6 Å². The van der Waals surface area contributed by atoms with Crippen molar-refractivity contribution in [2.24, 2.45) is 4.99 Å². The van der Waals surface area contributed by atoms with Gasteiger partial charge >= 0.3 is 6.61 Å². The molecule has 0 fully saturated rings. The summed E-state index contributed by atoms with van der Waals surface area (Å²) in [5.41, 5.74) is 1.41. The minimum atomic E-state index is -2.92. The van der Waals surface area contributed by atoms with Crippen molar-refractivity contribution in [3.63, 3.8) is 0 Å². The number of hydrogen-bond donors (Lipinski definition) is 2. The first kappa shape index (κ1) is 20.5. The highest BCUT2D eigenvalue weighted by Gasteiger charge is 2.12. The fourth-order valence-electron chi connectivity index (χ4n) is 2.64. The minimum absolute atomic E-state index is 0.0520. The molecule has 0 atom stereocenters. The van der Waals surface area contributed by atoms with E-state index >= 15 is 0 Å². The van der Waals surface area contributed by atoms with Crippen molar-refractivity contribution in [1.82, 2.24) is 25.4 Å². The Morgan fingerprint density at radius 1 is 1.17 bits per heavy atom. The highest BCUT2D eigenvalue weighted by molar-refractivity contribution is 6.30. The van der Waals surface area contributed by atoms with Crippen LogP contribution in [0.2, 0.25) is 5.02 Å². The standard InChI is InChI=1S/C19H19ClF2N6O/c1-23-19(24-10-13-9-14(20)7-8-16(13)29-18(21)22)25-11-17-27-26-12-28(17)15-5-3-2-4-6-15/h2-9,12,18H,10-11H2,1H3,(H2,23,24,25). The third kappa shape index (κ3) is 5.64. The Morgan fingerprint density at radius 2 is 1.93 bits per heavy atom. The number of benzene rings is 2. The van der Waals surface area contributed by atoms with E-state index < -0.39 is 6.61 Å². The van der Waals surface area contributed by atoms with Crippen molar-refractivity contribution in [3.05, 3.63) is 71.3 Å². The molecule has 0 saturated heterocycles. The molecule has 0 amide bonds. The Hall–Kier alpha value is -3.20. The van der Waals surface area contributed by atoms with E-state index in [0.717, 1.165) is 5.69 Å². The van der Waals surface area contributed by atoms with Crippen LogP contribution in [0.5, 0.6) is 5.75 Å². The fourth-order valence-corrected chi connectivity index (χ4v) is 2.84. The van der Waals surface area contributed by atoms with Crippen molar-refractivity contribution in [2.75, 3.05) is 7.05 Å². The highest BCUT2D eigenvalue weighted by Crippen LogP contribution is 2.24. The van der Waals surface area contributed by atoms with Gasteiger partial charge in [0.2, 0.25) is 0 Å². The molecule has 2 N–H and O–H groups in total. The van der Waals surface area contributed by atoms with Gasteiger partial charge in [-0.1, -0.05) is 29.8 Å². The summed E-state index contributed by atoms with van der Waals surface area (Å²) in [5, 5.41) is 14.7. The van der Waals surface area contributed by atoms with Gasteiger partial charge in [-0.15, -0.1) is 10.2 Å². The second-order valence-electron chi connectivity index (χ2n) is 5.86. The maximum atomic E-state index is 12.6. The SMILES string of the molecule is CN=C(NCc1cc(Cl)ccc1OC(F)F)NCc1nncn1-c1ccccc1. The molecule has 0 bridgehead atoms. The summed E-state index contributed by atoms with van der Waals surface area (Å²) in [6, 6.07) is 14.1. The van der Waals surface area contributed by atoms with Crippen LogP contribution in [0.4, 0.5) is 8.78 Å². The normalized spacial score (nSPS) is 11.6. The Labute approximate surface area is 171 Å². The zero-order valence-electron chi connectivity index (χ0n) is 15.5. The van der Waals surface area contributed by atoms with Crippen LogP contribution < -0.4 is 15.4 Å². The summed E-state index contributed by atoms with van der Waals surface area (Å²) in [7, 11) is 1.60. The maximum absolute atomic E-state index is 12.6. The van der Waals surface area contributed by atoms with Crippen LogP contribution in [0.3, 0.4) is 0 Å². The lowest BCUT2D eigenvalue weighted by Crippen LogP contribution is -2.37. The second kappa shape index (κ2) is 9.83. The number of nitrogens with one attached hydrogen (secondary N) is 2. The lowest BCUT2D eigenvalue weighted by atomic mass is 10.2. The van der Waals surface area contributed by atoms with Crippen molar-refractivity contribution in [2.45, 2.75) is 19.7 Å². The first-order valence-corrected chi connectivity index (χ1v) is 9.06. The van der Waals surface area contributed by atoms with Gasteiger partial charge in [-0.3, -0.25) is 9.56 Å². The Bertz CT molecular complexity index is 964. The lowest BCUT2D eigenvalue weighted by Gasteiger charge is -2.15. The number of ether oxygens (including phenoxy) is 1. The van der Waals surface area contributed by atoms with E-state index in [1.807, 2.05) is 34.9 Å². The summed E-state index contributed by atoms with van der Waals surface area (Å²) >= 11 is 5.97. The molecule has 1 aromatic heterocycles. The molecule has 0 aliphatic rings. The molecular weight excluding hydrogens is 402 g/mol. The van der Waals surface area contributed by atoms with Crippen LogP contribution in [0.1, 0.15) is 11.4 Å². The van der Waals surface area contributed by atoms with E-state index in [1.165, 1.54) is 12.1 Å². The molecule has 2 aromatic carbocycles. The predicted octanol–water partition coefficient (Wildman–Crippen LogP) is 3.39. The monoisotopic (exact) mass is 420 g/mol. The van der Waals surface area contributed by atoms with Gasteiger partial charge in [0.15, 0.2) is 11.8 Å². The third-order valence-corrected chi connectivity index (χ3v) is 4.21. The Kier molecular flexibility index (Phi) is 6.96. The van der Waals surface area contributed by atoms with Gasteiger partial charge in [-0.05, 0) is 30.3 Å². The molecule has 0 aliphatic carbocycles. The largest absolute Gasteiger partial charge is 0.434 e. The molecule has 0 radical (unpaired) electrons. The van der Waals surface area contributed by atoms with Crippen LogP contribution in [-0.2, 0) is 13.1 Å². The number of alkyl halides is 2. The number of aromatic nitrogens is 3. The summed E-state index contributed by atoms with van der Waals surface area (Å²) in [4.78, 5) is 4.13. The summed E-state index contributed by atoms with van der Waals surface area (Å²) < 4.78 is 31.6. The molecule has 0 aliphatic heterocycles. The number of guanidine groups is 1. The van der Waals surface area contributed by atoms with Gasteiger partial charge in [0, 0.05) is 29.9 Å². The van der Waals surface area contributed by atoms with Crippen molar-refractivity contribution in [3.8, 4) is 11.4 Å². The van der Waals surface area contributed by atoms with E-state index in [-0.39, 0.29) is 12.3 Å². The fraction of sp³-hybridized carbons (Fsp3) is 0.211. The van der Waals surface area contributed by atoms with E-state index in [9.17, 15) is 8.78 Å². The number of rotatable bonds is 7. The topological polar surface area (TPSA) is 76.4 Å². The molecule has 3 rings (SSSR count). The van der Waals surface area contributed by atoms with Gasteiger partial charge in [0.1, 0.15) is 12.1 Å². The molecule has 152 valence electrons. The maximum Gasteiger partial charge on any atom is 0.387 e. The third-order valence-electron chi connectivity index (χ3n) is 3.98. The summed E-state index contributed by atoms with van der Waals surface area (Å²) in [6.07, 6.45) is 1.63. The van der Waals surface area contributed by atoms with E-state index in [4.69, 9.17) is 11.6 Å². The molecule has 0 unspecified atom stereocenters.